The summed E-state index contributed by atoms with van der Waals surface area (Å²) in [7, 11) is 0. The second-order valence-electron chi connectivity index (χ2n) is 5.32. The third-order valence-electron chi connectivity index (χ3n) is 3.89. The lowest BCUT2D eigenvalue weighted by atomic mass is 9.98. The highest BCUT2D eigenvalue weighted by Gasteiger charge is 2.40. The second-order valence-corrected chi connectivity index (χ2v) is 6.10. The Balaban J connectivity index is 2.19. The molecule has 3 unspecified atom stereocenters. The van der Waals surface area contributed by atoms with Crippen LogP contribution < -0.4 is 5.32 Å². The van der Waals surface area contributed by atoms with Gasteiger partial charge in [0.25, 0.3) is 0 Å². The Kier molecular flexibility index (Phi) is 4.81. The Hall–Kier alpha value is -1.36. The number of amides is 2. The lowest BCUT2D eigenvalue weighted by molar-refractivity contribution is -0.152. The summed E-state index contributed by atoms with van der Waals surface area (Å²) in [6, 6.07) is 1.42. The molecule has 2 amide bonds. The van der Waals surface area contributed by atoms with Crippen LogP contribution in [-0.4, -0.2) is 34.8 Å². The van der Waals surface area contributed by atoms with Crippen molar-refractivity contribution in [1.29, 1.82) is 0 Å². The maximum Gasteiger partial charge on any atom is 0.246 e. The molecule has 0 aliphatic carbocycles. The number of hydrogen-bond donors (Lipinski definition) is 1. The Morgan fingerprint density at radius 1 is 1.35 bits per heavy atom. The topological polar surface area (TPSA) is 49.4 Å². The molecule has 20 heavy (non-hydrogen) atoms. The lowest BCUT2D eigenvalue weighted by Crippen LogP contribution is -2.65. The van der Waals surface area contributed by atoms with Crippen LogP contribution in [0.5, 0.6) is 0 Å². The van der Waals surface area contributed by atoms with E-state index in [9.17, 15) is 9.59 Å². The number of carbonyl (C=O) groups is 2. The van der Waals surface area contributed by atoms with Gasteiger partial charge in [-0.25, -0.2) is 0 Å². The third kappa shape index (κ3) is 2.87. The van der Waals surface area contributed by atoms with Crippen molar-refractivity contribution in [2.24, 2.45) is 0 Å². The summed E-state index contributed by atoms with van der Waals surface area (Å²) < 4.78 is 0. The SMILES string of the molecule is CCC1NC(=O)C(CC)N(C(C)Cc2ccsc2)C1=O. The Morgan fingerprint density at radius 2 is 2.10 bits per heavy atom. The van der Waals surface area contributed by atoms with Crippen LogP contribution in [0.2, 0.25) is 0 Å². The first-order valence-corrected chi connectivity index (χ1v) is 8.16. The molecule has 0 bridgehead atoms. The Labute approximate surface area is 124 Å². The normalized spacial score (nSPS) is 24.6. The van der Waals surface area contributed by atoms with Crippen LogP contribution in [0.15, 0.2) is 16.8 Å². The van der Waals surface area contributed by atoms with Crippen LogP contribution in [0.3, 0.4) is 0 Å². The van der Waals surface area contributed by atoms with Gasteiger partial charge in [-0.2, -0.15) is 11.3 Å². The molecular weight excluding hydrogens is 272 g/mol. The number of piperazine rings is 1. The smallest absolute Gasteiger partial charge is 0.246 e. The van der Waals surface area contributed by atoms with Crippen molar-refractivity contribution in [3.05, 3.63) is 22.4 Å². The van der Waals surface area contributed by atoms with E-state index >= 15 is 0 Å². The molecule has 1 aliphatic rings. The van der Waals surface area contributed by atoms with Crippen molar-refractivity contribution in [1.82, 2.24) is 10.2 Å². The standard InChI is InChI=1S/C15H22N2O2S/c1-4-12-15(19)17(13(5-2)14(18)16-12)10(3)8-11-6-7-20-9-11/h6-7,9-10,12-13H,4-5,8H2,1-3H3,(H,16,18). The molecule has 2 rings (SSSR count). The fourth-order valence-corrected chi connectivity index (χ4v) is 3.50. The molecule has 2 heterocycles. The lowest BCUT2D eigenvalue weighted by Gasteiger charge is -2.42. The summed E-state index contributed by atoms with van der Waals surface area (Å²) in [4.78, 5) is 26.5. The zero-order valence-corrected chi connectivity index (χ0v) is 13.1. The summed E-state index contributed by atoms with van der Waals surface area (Å²) >= 11 is 1.66. The van der Waals surface area contributed by atoms with Crippen molar-refractivity contribution in [3.63, 3.8) is 0 Å². The van der Waals surface area contributed by atoms with Gasteiger partial charge < -0.3 is 10.2 Å². The summed E-state index contributed by atoms with van der Waals surface area (Å²) in [5.41, 5.74) is 1.23. The average molecular weight is 294 g/mol. The van der Waals surface area contributed by atoms with Gasteiger partial charge in [0.15, 0.2) is 0 Å². The van der Waals surface area contributed by atoms with E-state index in [2.05, 4.69) is 16.8 Å². The minimum Gasteiger partial charge on any atom is -0.343 e. The Morgan fingerprint density at radius 3 is 2.65 bits per heavy atom. The molecule has 5 heteroatoms. The molecule has 4 nitrogen and oxygen atoms in total. The average Bonchev–Trinajstić information content (AvgIpc) is 2.92. The number of nitrogens with zero attached hydrogens (tertiary/aromatic N) is 1. The van der Waals surface area contributed by atoms with Crippen molar-refractivity contribution < 1.29 is 9.59 Å². The summed E-state index contributed by atoms with van der Waals surface area (Å²) in [6.45, 7) is 5.91. The highest BCUT2D eigenvalue weighted by molar-refractivity contribution is 7.07. The van der Waals surface area contributed by atoms with Gasteiger partial charge in [-0.3, -0.25) is 9.59 Å². The molecule has 0 aromatic carbocycles. The first kappa shape index (κ1) is 15.0. The largest absolute Gasteiger partial charge is 0.343 e. The highest BCUT2D eigenvalue weighted by Crippen LogP contribution is 2.21. The van der Waals surface area contributed by atoms with Crippen LogP contribution in [0, 0.1) is 0 Å². The van der Waals surface area contributed by atoms with E-state index in [4.69, 9.17) is 0 Å². The molecule has 0 saturated carbocycles. The maximum absolute atomic E-state index is 12.6. The van der Waals surface area contributed by atoms with E-state index in [0.717, 1.165) is 6.42 Å². The fraction of sp³-hybridized carbons (Fsp3) is 0.600. The van der Waals surface area contributed by atoms with Crippen molar-refractivity contribution in [2.75, 3.05) is 0 Å². The van der Waals surface area contributed by atoms with E-state index in [-0.39, 0.29) is 29.9 Å². The molecule has 1 fully saturated rings. The monoisotopic (exact) mass is 294 g/mol. The van der Waals surface area contributed by atoms with Crippen LogP contribution in [0.4, 0.5) is 0 Å². The predicted octanol–water partition coefficient (Wildman–Crippen LogP) is 2.19. The van der Waals surface area contributed by atoms with Gasteiger partial charge in [-0.1, -0.05) is 13.8 Å². The molecule has 0 spiro atoms. The number of thiophene rings is 1. The third-order valence-corrected chi connectivity index (χ3v) is 4.62. The van der Waals surface area contributed by atoms with Gasteiger partial charge in [0.2, 0.25) is 11.8 Å². The van der Waals surface area contributed by atoms with E-state index < -0.39 is 0 Å². The molecule has 3 atom stereocenters. The first-order chi connectivity index (χ1) is 9.58. The number of carbonyl (C=O) groups excluding carboxylic acids is 2. The van der Waals surface area contributed by atoms with Crippen molar-refractivity contribution in [3.8, 4) is 0 Å². The Bertz CT molecular complexity index is 472. The van der Waals surface area contributed by atoms with Crippen molar-refractivity contribution >= 4 is 23.2 Å². The number of rotatable bonds is 5. The van der Waals surface area contributed by atoms with Gasteiger partial charge in [0.05, 0.1) is 0 Å². The minimum atomic E-state index is -0.366. The van der Waals surface area contributed by atoms with Gasteiger partial charge in [-0.15, -0.1) is 0 Å². The first-order valence-electron chi connectivity index (χ1n) is 7.22. The van der Waals surface area contributed by atoms with Crippen LogP contribution in [-0.2, 0) is 16.0 Å². The van der Waals surface area contributed by atoms with Crippen LogP contribution >= 0.6 is 11.3 Å². The van der Waals surface area contributed by atoms with E-state index in [1.165, 1.54) is 5.56 Å². The maximum atomic E-state index is 12.6. The van der Waals surface area contributed by atoms with E-state index in [1.54, 1.807) is 16.2 Å². The van der Waals surface area contributed by atoms with Crippen LogP contribution in [0.1, 0.15) is 39.2 Å². The zero-order chi connectivity index (χ0) is 14.7. The molecule has 1 aromatic heterocycles. The highest BCUT2D eigenvalue weighted by atomic mass is 32.1. The molecule has 110 valence electrons. The van der Waals surface area contributed by atoms with Gasteiger partial charge >= 0.3 is 0 Å². The molecule has 1 aromatic rings. The molecular formula is C15H22N2O2S. The van der Waals surface area contributed by atoms with Crippen molar-refractivity contribution in [2.45, 2.75) is 58.2 Å². The van der Waals surface area contributed by atoms with E-state index in [1.807, 2.05) is 26.2 Å². The molecule has 1 N–H and O–H groups in total. The van der Waals surface area contributed by atoms with Gasteiger partial charge in [-0.05, 0) is 48.6 Å². The summed E-state index contributed by atoms with van der Waals surface area (Å²) in [5, 5.41) is 6.97. The molecule has 1 aliphatic heterocycles. The zero-order valence-electron chi connectivity index (χ0n) is 12.3. The minimum absolute atomic E-state index is 0.0175. The van der Waals surface area contributed by atoms with Gasteiger partial charge in [0.1, 0.15) is 12.1 Å². The summed E-state index contributed by atoms with van der Waals surface area (Å²) in [6.07, 6.45) is 2.10. The fourth-order valence-electron chi connectivity index (χ4n) is 2.82. The van der Waals surface area contributed by atoms with E-state index in [0.29, 0.717) is 12.8 Å². The number of nitrogens with one attached hydrogen (secondary N) is 1. The second kappa shape index (κ2) is 6.39. The number of hydrogen-bond acceptors (Lipinski definition) is 3. The quantitative estimate of drug-likeness (QED) is 0.905. The molecule has 1 saturated heterocycles. The molecule has 0 radical (unpaired) electrons. The predicted molar refractivity (Wildman–Crippen MR) is 80.6 cm³/mol. The van der Waals surface area contributed by atoms with Gasteiger partial charge in [0, 0.05) is 6.04 Å². The summed E-state index contributed by atoms with van der Waals surface area (Å²) in [5.74, 6) is 0.0396. The van der Waals surface area contributed by atoms with Crippen LogP contribution in [0.25, 0.3) is 0 Å².